The highest BCUT2D eigenvalue weighted by atomic mass is 15.0. The van der Waals surface area contributed by atoms with Crippen LogP contribution in [0, 0.1) is 0 Å². The third-order valence-corrected chi connectivity index (χ3v) is 9.41. The Hall–Kier alpha value is -6.45. The highest BCUT2D eigenvalue weighted by molar-refractivity contribution is 5.89. The second-order valence-corrected chi connectivity index (χ2v) is 12.4. The van der Waals surface area contributed by atoms with Gasteiger partial charge in [0.1, 0.15) is 0 Å². The van der Waals surface area contributed by atoms with Gasteiger partial charge in [-0.1, -0.05) is 164 Å². The van der Waals surface area contributed by atoms with Crippen LogP contribution in [0.2, 0.25) is 0 Å². The summed E-state index contributed by atoms with van der Waals surface area (Å²) in [5, 5.41) is 0. The van der Waals surface area contributed by atoms with Gasteiger partial charge < -0.3 is 0 Å². The molecule has 9 rings (SSSR count). The van der Waals surface area contributed by atoms with E-state index in [0.717, 1.165) is 34.2 Å². The van der Waals surface area contributed by atoms with Crippen molar-refractivity contribution in [3.8, 4) is 78.7 Å². The molecule has 0 saturated heterocycles. The zero-order chi connectivity index (χ0) is 32.6. The van der Waals surface area contributed by atoms with Crippen molar-refractivity contribution in [3.05, 3.63) is 187 Å². The average molecular weight is 626 g/mol. The van der Waals surface area contributed by atoms with Crippen LogP contribution in [0.15, 0.2) is 176 Å². The van der Waals surface area contributed by atoms with Crippen molar-refractivity contribution in [2.24, 2.45) is 0 Å². The lowest BCUT2D eigenvalue weighted by Gasteiger charge is -2.12. The maximum atomic E-state index is 5.18. The molecule has 0 fully saturated rings. The van der Waals surface area contributed by atoms with Crippen molar-refractivity contribution in [2.45, 2.75) is 6.42 Å². The Kier molecular flexibility index (Phi) is 7.21. The zero-order valence-electron chi connectivity index (χ0n) is 26.8. The second kappa shape index (κ2) is 12.3. The van der Waals surface area contributed by atoms with E-state index >= 15 is 0 Å². The van der Waals surface area contributed by atoms with Crippen molar-refractivity contribution in [1.82, 2.24) is 15.0 Å². The highest BCUT2D eigenvalue weighted by Crippen LogP contribution is 2.45. The molecule has 7 aromatic carbocycles. The molecule has 0 spiro atoms. The summed E-state index contributed by atoms with van der Waals surface area (Å²) in [6, 6.07) is 61.8. The fourth-order valence-corrected chi connectivity index (χ4v) is 7.02. The number of hydrogen-bond donors (Lipinski definition) is 0. The summed E-state index contributed by atoms with van der Waals surface area (Å²) in [6.07, 6.45) is 0.803. The zero-order valence-corrected chi connectivity index (χ0v) is 26.8. The molecule has 0 bridgehead atoms. The van der Waals surface area contributed by atoms with E-state index in [1.54, 1.807) is 0 Å². The minimum Gasteiger partial charge on any atom is -0.208 e. The van der Waals surface area contributed by atoms with Crippen LogP contribution in [0.5, 0.6) is 0 Å². The Bertz CT molecular complexity index is 2450. The number of fused-ring (bicyclic) bond motifs is 3. The molecule has 49 heavy (non-hydrogen) atoms. The summed E-state index contributed by atoms with van der Waals surface area (Å²) >= 11 is 0. The SMILES string of the molecule is c1ccc(-c2cccc(-c3nc(-c4ccccc4)nc(-c4cccc5c4Cc4c(-c6cccc(-c7ccccc7)c6)cccc4-5)n3)c2)cc1. The molecule has 8 aromatic rings. The van der Waals surface area contributed by atoms with Crippen LogP contribution in [-0.2, 0) is 6.42 Å². The largest absolute Gasteiger partial charge is 0.208 e. The van der Waals surface area contributed by atoms with Gasteiger partial charge in [-0.2, -0.15) is 0 Å². The Morgan fingerprint density at radius 2 is 0.653 bits per heavy atom. The summed E-state index contributed by atoms with van der Waals surface area (Å²) in [7, 11) is 0. The molecule has 3 nitrogen and oxygen atoms in total. The minimum atomic E-state index is 0.660. The van der Waals surface area contributed by atoms with Crippen molar-refractivity contribution >= 4 is 0 Å². The molecular weight excluding hydrogens is 595 g/mol. The van der Waals surface area contributed by atoms with E-state index in [1.807, 2.05) is 24.3 Å². The molecule has 0 radical (unpaired) electrons. The summed E-state index contributed by atoms with van der Waals surface area (Å²) in [6.45, 7) is 0. The second-order valence-electron chi connectivity index (χ2n) is 12.4. The molecule has 230 valence electrons. The number of benzene rings is 7. The van der Waals surface area contributed by atoms with Crippen molar-refractivity contribution in [1.29, 1.82) is 0 Å². The van der Waals surface area contributed by atoms with Crippen LogP contribution in [0.4, 0.5) is 0 Å². The maximum absolute atomic E-state index is 5.18. The Labute approximate surface area is 286 Å². The van der Waals surface area contributed by atoms with Gasteiger partial charge >= 0.3 is 0 Å². The fourth-order valence-electron chi connectivity index (χ4n) is 7.02. The number of hydrogen-bond acceptors (Lipinski definition) is 3. The first kappa shape index (κ1) is 28.7. The number of nitrogens with zero attached hydrogens (tertiary/aromatic N) is 3. The van der Waals surface area contributed by atoms with Gasteiger partial charge in [0.15, 0.2) is 17.5 Å². The molecule has 1 heterocycles. The quantitative estimate of drug-likeness (QED) is 0.185. The molecule has 0 amide bonds. The summed E-state index contributed by atoms with van der Waals surface area (Å²) in [5.41, 5.74) is 15.3. The lowest BCUT2D eigenvalue weighted by Crippen LogP contribution is -2.02. The van der Waals surface area contributed by atoms with Crippen molar-refractivity contribution in [2.75, 3.05) is 0 Å². The van der Waals surface area contributed by atoms with Gasteiger partial charge in [0.25, 0.3) is 0 Å². The topological polar surface area (TPSA) is 38.7 Å². The molecule has 0 unspecified atom stereocenters. The van der Waals surface area contributed by atoms with Gasteiger partial charge in [0.05, 0.1) is 0 Å². The van der Waals surface area contributed by atoms with Crippen LogP contribution < -0.4 is 0 Å². The highest BCUT2D eigenvalue weighted by Gasteiger charge is 2.26. The van der Waals surface area contributed by atoms with E-state index in [1.165, 1.54) is 44.5 Å². The van der Waals surface area contributed by atoms with E-state index in [0.29, 0.717) is 17.5 Å². The predicted molar refractivity (Wildman–Crippen MR) is 201 cm³/mol. The van der Waals surface area contributed by atoms with Crippen LogP contribution >= 0.6 is 0 Å². The lowest BCUT2D eigenvalue weighted by atomic mass is 9.93. The maximum Gasteiger partial charge on any atom is 0.164 e. The van der Waals surface area contributed by atoms with Crippen molar-refractivity contribution < 1.29 is 0 Å². The van der Waals surface area contributed by atoms with Gasteiger partial charge in [0, 0.05) is 23.1 Å². The van der Waals surface area contributed by atoms with Gasteiger partial charge in [-0.25, -0.2) is 15.0 Å². The van der Waals surface area contributed by atoms with Gasteiger partial charge in [-0.3, -0.25) is 0 Å². The summed E-state index contributed by atoms with van der Waals surface area (Å²) < 4.78 is 0. The van der Waals surface area contributed by atoms with Gasteiger partial charge in [-0.15, -0.1) is 0 Å². The standard InChI is InChI=1S/C46H31N3/c1-4-14-31(15-5-1)34-20-10-22-36(28-34)38-24-12-25-39-40-26-13-27-41(43(40)30-42(38)39)46-48-44(33-18-8-3-9-19-33)47-45(49-46)37-23-11-21-35(29-37)32-16-6-2-7-17-32/h1-29H,30H2. The van der Waals surface area contributed by atoms with Crippen LogP contribution in [0.1, 0.15) is 11.1 Å². The van der Waals surface area contributed by atoms with Crippen molar-refractivity contribution in [3.63, 3.8) is 0 Å². The Balaban J connectivity index is 1.16. The van der Waals surface area contributed by atoms with Crippen LogP contribution in [-0.4, -0.2) is 15.0 Å². The first-order valence-electron chi connectivity index (χ1n) is 16.7. The normalized spacial score (nSPS) is 11.6. The Morgan fingerprint density at radius 3 is 1.27 bits per heavy atom. The van der Waals surface area contributed by atoms with E-state index in [4.69, 9.17) is 15.0 Å². The molecule has 1 aromatic heterocycles. The predicted octanol–water partition coefficient (Wildman–Crippen LogP) is 11.4. The molecule has 0 N–H and O–H groups in total. The average Bonchev–Trinajstić information content (AvgIpc) is 3.58. The van der Waals surface area contributed by atoms with E-state index in [-0.39, 0.29) is 0 Å². The smallest absolute Gasteiger partial charge is 0.164 e. The first-order valence-corrected chi connectivity index (χ1v) is 16.7. The summed E-state index contributed by atoms with van der Waals surface area (Å²) in [5.74, 6) is 2.01. The molecule has 0 saturated carbocycles. The molecular formula is C46H31N3. The van der Waals surface area contributed by atoms with Gasteiger partial charge in [-0.05, 0) is 67.8 Å². The van der Waals surface area contributed by atoms with E-state index in [9.17, 15) is 0 Å². The third kappa shape index (κ3) is 5.42. The van der Waals surface area contributed by atoms with E-state index < -0.39 is 0 Å². The minimum absolute atomic E-state index is 0.660. The summed E-state index contributed by atoms with van der Waals surface area (Å²) in [4.78, 5) is 15.3. The van der Waals surface area contributed by atoms with Gasteiger partial charge in [0.2, 0.25) is 0 Å². The molecule has 3 heteroatoms. The monoisotopic (exact) mass is 625 g/mol. The molecule has 0 aliphatic heterocycles. The molecule has 1 aliphatic rings. The third-order valence-electron chi connectivity index (χ3n) is 9.41. The molecule has 1 aliphatic carbocycles. The van der Waals surface area contributed by atoms with E-state index in [2.05, 4.69) is 152 Å². The molecule has 0 atom stereocenters. The van der Waals surface area contributed by atoms with Crippen LogP contribution in [0.3, 0.4) is 0 Å². The number of rotatable bonds is 6. The first-order chi connectivity index (χ1) is 24.3. The Morgan fingerprint density at radius 1 is 0.265 bits per heavy atom. The number of aromatic nitrogens is 3. The van der Waals surface area contributed by atoms with Crippen LogP contribution in [0.25, 0.3) is 78.7 Å². The lowest BCUT2D eigenvalue weighted by molar-refractivity contribution is 1.07. The fraction of sp³-hybridized carbons (Fsp3) is 0.0217.